The molecule has 0 aromatic rings. The van der Waals surface area contributed by atoms with E-state index in [9.17, 15) is 4.39 Å². The van der Waals surface area contributed by atoms with Crippen LogP contribution in [0.4, 0.5) is 4.39 Å². The monoisotopic (exact) mass is 173 g/mol. The minimum atomic E-state index is -0.515. The Morgan fingerprint density at radius 1 is 1.67 bits per heavy atom. The van der Waals surface area contributed by atoms with Gasteiger partial charge in [0.05, 0.1) is 24.3 Å². The van der Waals surface area contributed by atoms with Crippen molar-refractivity contribution < 1.29 is 14.0 Å². The smallest absolute Gasteiger partial charge is 0.140 e. The van der Waals surface area contributed by atoms with Gasteiger partial charge in [0.1, 0.15) is 12.8 Å². The van der Waals surface area contributed by atoms with E-state index >= 15 is 0 Å². The zero-order valence-corrected chi connectivity index (χ0v) is 7.00. The molecule has 3 atom stereocenters. The standard InChI is InChI=1S/C8H12FNO2/c1-5-2-8-6(4-11-5)7(3-9)10-12-8/h5-6,8H,2-4H2,1H3/t5-,6-,8-/m1/s1. The van der Waals surface area contributed by atoms with E-state index in [1.54, 1.807) is 0 Å². The van der Waals surface area contributed by atoms with Gasteiger partial charge in [0.25, 0.3) is 0 Å². The van der Waals surface area contributed by atoms with Crippen molar-refractivity contribution in [3.05, 3.63) is 0 Å². The average Bonchev–Trinajstić information content (AvgIpc) is 2.46. The number of halogens is 1. The minimum Gasteiger partial charge on any atom is -0.392 e. The van der Waals surface area contributed by atoms with E-state index in [2.05, 4.69) is 5.16 Å². The van der Waals surface area contributed by atoms with E-state index in [-0.39, 0.29) is 18.1 Å². The molecular formula is C8H12FNO2. The van der Waals surface area contributed by atoms with Crippen molar-refractivity contribution in [1.29, 1.82) is 0 Å². The van der Waals surface area contributed by atoms with Crippen LogP contribution in [0.1, 0.15) is 13.3 Å². The fourth-order valence-electron chi connectivity index (χ4n) is 1.69. The first-order valence-corrected chi connectivity index (χ1v) is 4.21. The molecule has 2 heterocycles. The van der Waals surface area contributed by atoms with Gasteiger partial charge in [0.15, 0.2) is 0 Å². The number of hydrogen-bond donors (Lipinski definition) is 0. The molecule has 0 radical (unpaired) electrons. The first-order valence-electron chi connectivity index (χ1n) is 4.21. The van der Waals surface area contributed by atoms with Crippen LogP contribution in [0.3, 0.4) is 0 Å². The van der Waals surface area contributed by atoms with Gasteiger partial charge in [-0.2, -0.15) is 0 Å². The molecule has 2 aliphatic rings. The van der Waals surface area contributed by atoms with Crippen LogP contribution in [0.5, 0.6) is 0 Å². The van der Waals surface area contributed by atoms with Crippen molar-refractivity contribution in [2.75, 3.05) is 13.3 Å². The molecule has 0 aromatic carbocycles. The van der Waals surface area contributed by atoms with Crippen LogP contribution >= 0.6 is 0 Å². The van der Waals surface area contributed by atoms with Crippen molar-refractivity contribution in [3.63, 3.8) is 0 Å². The van der Waals surface area contributed by atoms with Crippen LogP contribution in [0.2, 0.25) is 0 Å². The number of fused-ring (bicyclic) bond motifs is 1. The first kappa shape index (κ1) is 7.98. The highest BCUT2D eigenvalue weighted by Crippen LogP contribution is 2.28. The second kappa shape index (κ2) is 3.01. The predicted molar refractivity (Wildman–Crippen MR) is 41.8 cm³/mol. The minimum absolute atomic E-state index is 0.0551. The van der Waals surface area contributed by atoms with Gasteiger partial charge in [-0.15, -0.1) is 0 Å². The molecule has 0 spiro atoms. The quantitative estimate of drug-likeness (QED) is 0.595. The molecule has 3 nitrogen and oxygen atoms in total. The summed E-state index contributed by atoms with van der Waals surface area (Å²) in [4.78, 5) is 5.10. The van der Waals surface area contributed by atoms with Gasteiger partial charge >= 0.3 is 0 Å². The molecule has 0 aromatic heterocycles. The van der Waals surface area contributed by atoms with Crippen molar-refractivity contribution in [2.45, 2.75) is 25.6 Å². The van der Waals surface area contributed by atoms with Crippen molar-refractivity contribution in [1.82, 2.24) is 0 Å². The lowest BCUT2D eigenvalue weighted by Gasteiger charge is -2.28. The number of hydrogen-bond acceptors (Lipinski definition) is 3. The van der Waals surface area contributed by atoms with E-state index in [0.29, 0.717) is 12.3 Å². The third-order valence-corrected chi connectivity index (χ3v) is 2.44. The van der Waals surface area contributed by atoms with Gasteiger partial charge in [-0.3, -0.25) is 0 Å². The Morgan fingerprint density at radius 3 is 3.25 bits per heavy atom. The van der Waals surface area contributed by atoms with E-state index < -0.39 is 6.67 Å². The molecule has 68 valence electrons. The highest BCUT2D eigenvalue weighted by molar-refractivity contribution is 5.89. The van der Waals surface area contributed by atoms with Crippen molar-refractivity contribution in [2.24, 2.45) is 11.1 Å². The largest absolute Gasteiger partial charge is 0.392 e. The molecule has 2 rings (SSSR count). The maximum Gasteiger partial charge on any atom is 0.140 e. The first-order chi connectivity index (χ1) is 5.81. The van der Waals surface area contributed by atoms with E-state index in [1.807, 2.05) is 6.92 Å². The molecule has 0 N–H and O–H groups in total. The molecule has 12 heavy (non-hydrogen) atoms. The summed E-state index contributed by atoms with van der Waals surface area (Å²) in [6, 6.07) is 0. The number of alkyl halides is 1. The molecule has 1 saturated heterocycles. The zero-order valence-electron chi connectivity index (χ0n) is 7.00. The number of oxime groups is 1. The molecule has 0 saturated carbocycles. The highest BCUT2D eigenvalue weighted by atomic mass is 19.1. The Morgan fingerprint density at radius 2 is 2.50 bits per heavy atom. The van der Waals surface area contributed by atoms with Crippen LogP contribution in [0.15, 0.2) is 5.16 Å². The normalized spacial score (nSPS) is 40.2. The summed E-state index contributed by atoms with van der Waals surface area (Å²) in [7, 11) is 0. The van der Waals surface area contributed by atoms with Crippen molar-refractivity contribution >= 4 is 5.71 Å². The Hall–Kier alpha value is -0.640. The van der Waals surface area contributed by atoms with Crippen LogP contribution in [0, 0.1) is 5.92 Å². The zero-order chi connectivity index (χ0) is 8.55. The summed E-state index contributed by atoms with van der Waals surface area (Å²) in [6.45, 7) is 2.03. The maximum atomic E-state index is 12.3. The van der Waals surface area contributed by atoms with Crippen LogP contribution in [-0.4, -0.2) is 31.2 Å². The molecule has 2 aliphatic heterocycles. The highest BCUT2D eigenvalue weighted by Gasteiger charge is 2.38. The van der Waals surface area contributed by atoms with Gasteiger partial charge in [-0.25, -0.2) is 4.39 Å². The Bertz CT molecular complexity index is 207. The maximum absolute atomic E-state index is 12.3. The summed E-state index contributed by atoms with van der Waals surface area (Å²) in [5, 5.41) is 3.69. The molecular weight excluding hydrogens is 161 g/mol. The van der Waals surface area contributed by atoms with E-state index in [4.69, 9.17) is 9.57 Å². The Labute approximate surface area is 70.5 Å². The summed E-state index contributed by atoms with van der Waals surface area (Å²) in [5.74, 6) is 0.0613. The lowest BCUT2D eigenvalue weighted by molar-refractivity contribution is -0.0682. The van der Waals surface area contributed by atoms with E-state index in [0.717, 1.165) is 6.42 Å². The van der Waals surface area contributed by atoms with Gasteiger partial charge in [-0.05, 0) is 6.92 Å². The molecule has 4 heteroatoms. The third-order valence-electron chi connectivity index (χ3n) is 2.44. The van der Waals surface area contributed by atoms with Crippen LogP contribution < -0.4 is 0 Å². The number of nitrogens with zero attached hydrogens (tertiary/aromatic N) is 1. The molecule has 0 bridgehead atoms. The summed E-state index contributed by atoms with van der Waals surface area (Å²) in [5.41, 5.74) is 0.506. The lowest BCUT2D eigenvalue weighted by atomic mass is 9.92. The second-order valence-electron chi connectivity index (χ2n) is 3.35. The SMILES string of the molecule is C[C@@H]1C[C@H]2ON=C(CF)[C@H]2CO1. The molecule has 0 aliphatic carbocycles. The summed E-state index contributed by atoms with van der Waals surface area (Å²) in [6.07, 6.45) is 1.08. The molecule has 1 fully saturated rings. The lowest BCUT2D eigenvalue weighted by Crippen LogP contribution is -2.38. The summed E-state index contributed by atoms with van der Waals surface area (Å²) < 4.78 is 17.7. The number of rotatable bonds is 1. The van der Waals surface area contributed by atoms with Crippen molar-refractivity contribution in [3.8, 4) is 0 Å². The molecule has 0 amide bonds. The third kappa shape index (κ3) is 1.20. The molecule has 0 unspecified atom stereocenters. The Kier molecular flexibility index (Phi) is 2.00. The van der Waals surface area contributed by atoms with E-state index in [1.165, 1.54) is 0 Å². The van der Waals surface area contributed by atoms with Crippen LogP contribution in [-0.2, 0) is 9.57 Å². The van der Waals surface area contributed by atoms with Gasteiger partial charge in [-0.1, -0.05) is 5.16 Å². The topological polar surface area (TPSA) is 30.8 Å². The Balaban J connectivity index is 2.03. The summed E-state index contributed by atoms with van der Waals surface area (Å²) >= 11 is 0. The van der Waals surface area contributed by atoms with Gasteiger partial charge in [0, 0.05) is 6.42 Å². The van der Waals surface area contributed by atoms with Gasteiger partial charge in [0.2, 0.25) is 0 Å². The van der Waals surface area contributed by atoms with Gasteiger partial charge < -0.3 is 9.57 Å². The fourth-order valence-corrected chi connectivity index (χ4v) is 1.69. The average molecular weight is 173 g/mol. The number of ether oxygens (including phenoxy) is 1. The predicted octanol–water partition coefficient (Wildman–Crippen LogP) is 1.14. The fraction of sp³-hybridized carbons (Fsp3) is 0.875. The van der Waals surface area contributed by atoms with Crippen LogP contribution in [0.25, 0.3) is 0 Å². The second-order valence-corrected chi connectivity index (χ2v) is 3.35.